The quantitative estimate of drug-likeness (QED) is 0.759. The van der Waals surface area contributed by atoms with Crippen molar-refractivity contribution in [2.24, 2.45) is 11.7 Å². The van der Waals surface area contributed by atoms with Crippen molar-refractivity contribution < 1.29 is 9.47 Å². The summed E-state index contributed by atoms with van der Waals surface area (Å²) < 4.78 is 10.6. The number of methoxy groups -OCH3 is 1. The molecule has 0 aromatic heterocycles. The smallest absolute Gasteiger partial charge is 0.0659 e. The van der Waals surface area contributed by atoms with Gasteiger partial charge in [0.2, 0.25) is 0 Å². The number of nitrogens with two attached hydrogens (primary N) is 1. The van der Waals surface area contributed by atoms with Gasteiger partial charge in [-0.3, -0.25) is 0 Å². The molecule has 0 bridgehead atoms. The normalized spacial score (nSPS) is 36.8. The van der Waals surface area contributed by atoms with Crippen LogP contribution in [0, 0.1) is 5.92 Å². The van der Waals surface area contributed by atoms with Gasteiger partial charge < -0.3 is 20.1 Å². The number of rotatable bonds is 4. The standard InChI is InChI=1S/C12H24N2O2/c1-15-8-11-3-2-5-14(7-11)9-12(13)4-6-16-10-12/h11H,2-10,13H2,1H3. The fourth-order valence-electron chi connectivity index (χ4n) is 2.86. The molecule has 2 atom stereocenters. The SMILES string of the molecule is COCC1CCCN(CC2(N)CCOC2)C1. The lowest BCUT2D eigenvalue weighted by Crippen LogP contribution is -2.53. The van der Waals surface area contributed by atoms with Crippen LogP contribution in [0.1, 0.15) is 19.3 Å². The van der Waals surface area contributed by atoms with E-state index < -0.39 is 0 Å². The van der Waals surface area contributed by atoms with Crippen LogP contribution in [0.25, 0.3) is 0 Å². The minimum absolute atomic E-state index is 0.102. The summed E-state index contributed by atoms with van der Waals surface area (Å²) >= 11 is 0. The van der Waals surface area contributed by atoms with Gasteiger partial charge in [0, 0.05) is 26.8 Å². The van der Waals surface area contributed by atoms with Crippen molar-refractivity contribution in [3.63, 3.8) is 0 Å². The number of likely N-dealkylation sites (tertiary alicyclic amines) is 1. The van der Waals surface area contributed by atoms with E-state index in [1.807, 2.05) is 0 Å². The lowest BCUT2D eigenvalue weighted by Gasteiger charge is -2.37. The zero-order chi connectivity index (χ0) is 11.4. The van der Waals surface area contributed by atoms with Gasteiger partial charge in [0.05, 0.1) is 18.8 Å². The van der Waals surface area contributed by atoms with E-state index in [0.29, 0.717) is 5.92 Å². The second-order valence-electron chi connectivity index (χ2n) is 5.36. The Morgan fingerprint density at radius 2 is 2.44 bits per heavy atom. The zero-order valence-electron chi connectivity index (χ0n) is 10.3. The van der Waals surface area contributed by atoms with Crippen molar-refractivity contribution in [3.8, 4) is 0 Å². The van der Waals surface area contributed by atoms with Gasteiger partial charge in [-0.15, -0.1) is 0 Å². The first kappa shape index (κ1) is 12.3. The predicted octanol–water partition coefficient (Wildman–Crippen LogP) is 0.463. The van der Waals surface area contributed by atoms with Crippen LogP contribution in [0.2, 0.25) is 0 Å². The van der Waals surface area contributed by atoms with E-state index in [2.05, 4.69) is 4.90 Å². The van der Waals surface area contributed by atoms with Crippen LogP contribution in [0.3, 0.4) is 0 Å². The van der Waals surface area contributed by atoms with Gasteiger partial charge in [0.1, 0.15) is 0 Å². The fourth-order valence-corrected chi connectivity index (χ4v) is 2.86. The monoisotopic (exact) mass is 228 g/mol. The molecule has 2 aliphatic heterocycles. The van der Waals surface area contributed by atoms with Crippen molar-refractivity contribution in [2.45, 2.75) is 24.8 Å². The molecule has 2 saturated heterocycles. The molecule has 0 aromatic carbocycles. The van der Waals surface area contributed by atoms with Gasteiger partial charge in [-0.05, 0) is 31.7 Å². The highest BCUT2D eigenvalue weighted by molar-refractivity contribution is 4.92. The molecule has 2 unspecified atom stereocenters. The number of ether oxygens (including phenoxy) is 2. The largest absolute Gasteiger partial charge is 0.384 e. The molecule has 2 fully saturated rings. The molecule has 2 N–H and O–H groups in total. The summed E-state index contributed by atoms with van der Waals surface area (Å²) in [5.74, 6) is 0.685. The Hall–Kier alpha value is -0.160. The summed E-state index contributed by atoms with van der Waals surface area (Å²) in [5.41, 5.74) is 6.21. The molecule has 4 heteroatoms. The van der Waals surface area contributed by atoms with Crippen LogP contribution in [0.15, 0.2) is 0 Å². The Kier molecular flexibility index (Phi) is 4.19. The molecular weight excluding hydrogens is 204 g/mol. The summed E-state index contributed by atoms with van der Waals surface area (Å²) in [6.07, 6.45) is 3.56. The highest BCUT2D eigenvalue weighted by Gasteiger charge is 2.33. The summed E-state index contributed by atoms with van der Waals surface area (Å²) in [4.78, 5) is 2.49. The summed E-state index contributed by atoms with van der Waals surface area (Å²) in [7, 11) is 1.79. The van der Waals surface area contributed by atoms with E-state index in [4.69, 9.17) is 15.2 Å². The molecule has 0 amide bonds. The summed E-state index contributed by atoms with van der Waals surface area (Å²) in [6, 6.07) is 0. The molecule has 0 spiro atoms. The van der Waals surface area contributed by atoms with Crippen LogP contribution in [-0.4, -0.2) is 57.0 Å². The number of hydrogen-bond donors (Lipinski definition) is 1. The lowest BCUT2D eigenvalue weighted by atomic mass is 9.94. The first-order valence-corrected chi connectivity index (χ1v) is 6.30. The van der Waals surface area contributed by atoms with Crippen LogP contribution in [0.5, 0.6) is 0 Å². The van der Waals surface area contributed by atoms with Gasteiger partial charge in [0.25, 0.3) is 0 Å². The van der Waals surface area contributed by atoms with E-state index in [1.165, 1.54) is 19.4 Å². The summed E-state index contributed by atoms with van der Waals surface area (Å²) in [5, 5.41) is 0. The predicted molar refractivity (Wildman–Crippen MR) is 63.4 cm³/mol. The summed E-state index contributed by atoms with van der Waals surface area (Å²) in [6.45, 7) is 5.72. The Morgan fingerprint density at radius 1 is 1.56 bits per heavy atom. The number of nitrogens with zero attached hydrogens (tertiary/aromatic N) is 1. The fraction of sp³-hybridized carbons (Fsp3) is 1.00. The Balaban J connectivity index is 1.80. The van der Waals surface area contributed by atoms with Gasteiger partial charge >= 0.3 is 0 Å². The van der Waals surface area contributed by atoms with Gasteiger partial charge in [0.15, 0.2) is 0 Å². The van der Waals surface area contributed by atoms with Crippen molar-refractivity contribution in [1.82, 2.24) is 4.90 Å². The molecule has 94 valence electrons. The average molecular weight is 228 g/mol. The van der Waals surface area contributed by atoms with E-state index in [9.17, 15) is 0 Å². The molecule has 2 heterocycles. The highest BCUT2D eigenvalue weighted by Crippen LogP contribution is 2.22. The molecule has 0 aliphatic carbocycles. The van der Waals surface area contributed by atoms with E-state index >= 15 is 0 Å². The maximum atomic E-state index is 6.31. The van der Waals surface area contributed by atoms with Gasteiger partial charge in [-0.2, -0.15) is 0 Å². The second-order valence-corrected chi connectivity index (χ2v) is 5.36. The van der Waals surface area contributed by atoms with Crippen LogP contribution in [-0.2, 0) is 9.47 Å². The number of hydrogen-bond acceptors (Lipinski definition) is 4. The maximum absolute atomic E-state index is 6.31. The first-order valence-electron chi connectivity index (χ1n) is 6.30. The third kappa shape index (κ3) is 3.17. The second kappa shape index (κ2) is 5.45. The molecule has 0 aromatic rings. The average Bonchev–Trinajstić information content (AvgIpc) is 2.66. The molecular formula is C12H24N2O2. The molecule has 0 radical (unpaired) electrons. The van der Waals surface area contributed by atoms with Crippen molar-refractivity contribution in [2.75, 3.05) is 46.6 Å². The lowest BCUT2D eigenvalue weighted by molar-refractivity contribution is 0.0750. The van der Waals surface area contributed by atoms with E-state index in [1.54, 1.807) is 7.11 Å². The van der Waals surface area contributed by atoms with Crippen LogP contribution < -0.4 is 5.73 Å². The molecule has 16 heavy (non-hydrogen) atoms. The topological polar surface area (TPSA) is 47.7 Å². The Bertz CT molecular complexity index is 215. The van der Waals surface area contributed by atoms with Crippen molar-refractivity contribution >= 4 is 0 Å². The zero-order valence-corrected chi connectivity index (χ0v) is 10.3. The number of piperidine rings is 1. The van der Waals surface area contributed by atoms with E-state index in [0.717, 1.165) is 39.3 Å². The molecule has 0 saturated carbocycles. The Morgan fingerprint density at radius 3 is 3.12 bits per heavy atom. The minimum atomic E-state index is -0.102. The molecule has 4 nitrogen and oxygen atoms in total. The first-order chi connectivity index (χ1) is 7.72. The van der Waals surface area contributed by atoms with Crippen molar-refractivity contribution in [3.05, 3.63) is 0 Å². The molecule has 2 aliphatic rings. The molecule has 2 rings (SSSR count). The third-order valence-corrected chi connectivity index (χ3v) is 3.68. The third-order valence-electron chi connectivity index (χ3n) is 3.68. The minimum Gasteiger partial charge on any atom is -0.384 e. The Labute approximate surface area is 98.1 Å². The highest BCUT2D eigenvalue weighted by atomic mass is 16.5. The maximum Gasteiger partial charge on any atom is 0.0659 e. The van der Waals surface area contributed by atoms with Crippen LogP contribution >= 0.6 is 0 Å². The van der Waals surface area contributed by atoms with Crippen molar-refractivity contribution in [1.29, 1.82) is 0 Å². The van der Waals surface area contributed by atoms with Gasteiger partial charge in [-0.25, -0.2) is 0 Å². The van der Waals surface area contributed by atoms with Gasteiger partial charge in [-0.1, -0.05) is 0 Å². The van der Waals surface area contributed by atoms with E-state index in [-0.39, 0.29) is 5.54 Å². The van der Waals surface area contributed by atoms with Crippen LogP contribution in [0.4, 0.5) is 0 Å².